The van der Waals surface area contributed by atoms with E-state index in [1.807, 2.05) is 23.8 Å². The Kier molecular flexibility index (Phi) is 4.99. The van der Waals surface area contributed by atoms with Crippen LogP contribution in [0, 0.1) is 6.92 Å². The number of carbonyl (C=O) groups is 1. The molecule has 128 valence electrons. The second kappa shape index (κ2) is 6.65. The Bertz CT molecular complexity index is 818. The molecule has 5 nitrogen and oxygen atoms in total. The van der Waals surface area contributed by atoms with Crippen LogP contribution < -0.4 is 10.0 Å². The van der Waals surface area contributed by atoms with Gasteiger partial charge in [-0.05, 0) is 42.2 Å². The summed E-state index contributed by atoms with van der Waals surface area (Å²) in [5.41, 5.74) is 2.60. The monoisotopic (exact) mass is 346 g/mol. The maximum Gasteiger partial charge on any atom is 0.333 e. The van der Waals surface area contributed by atoms with Crippen LogP contribution >= 0.6 is 0 Å². The molecule has 0 saturated carbocycles. The van der Waals surface area contributed by atoms with Crippen LogP contribution in [-0.2, 0) is 15.4 Å². The van der Waals surface area contributed by atoms with Crippen LogP contribution in [0.1, 0.15) is 31.9 Å². The van der Waals surface area contributed by atoms with E-state index < -0.39 is 16.1 Å². The van der Waals surface area contributed by atoms with E-state index in [0.717, 1.165) is 11.1 Å². The van der Waals surface area contributed by atoms with Crippen LogP contribution in [0.4, 0.5) is 10.5 Å². The number of amides is 2. The van der Waals surface area contributed by atoms with Crippen LogP contribution in [0.25, 0.3) is 0 Å². The molecule has 0 bridgehead atoms. The number of hydrogen-bond acceptors (Lipinski definition) is 3. The van der Waals surface area contributed by atoms with Crippen LogP contribution in [0.3, 0.4) is 0 Å². The minimum atomic E-state index is -3.89. The van der Waals surface area contributed by atoms with E-state index in [1.165, 1.54) is 12.1 Å². The second-order valence-electron chi connectivity index (χ2n) is 6.70. The van der Waals surface area contributed by atoms with Crippen molar-refractivity contribution < 1.29 is 13.2 Å². The largest absolute Gasteiger partial charge is 0.333 e. The van der Waals surface area contributed by atoms with Gasteiger partial charge in [0.1, 0.15) is 0 Å². The molecule has 0 aliphatic heterocycles. The maximum atomic E-state index is 12.2. The lowest BCUT2D eigenvalue weighted by Gasteiger charge is -2.19. The lowest BCUT2D eigenvalue weighted by molar-refractivity contribution is 0.256. The first kappa shape index (κ1) is 18.0. The second-order valence-corrected chi connectivity index (χ2v) is 8.38. The van der Waals surface area contributed by atoms with Gasteiger partial charge in [0, 0.05) is 5.69 Å². The van der Waals surface area contributed by atoms with Crippen molar-refractivity contribution in [2.45, 2.75) is 38.0 Å². The predicted molar refractivity (Wildman–Crippen MR) is 95.7 cm³/mol. The first-order valence-electron chi connectivity index (χ1n) is 7.59. The molecule has 2 aromatic carbocycles. The van der Waals surface area contributed by atoms with E-state index in [9.17, 15) is 13.2 Å². The number of hydrogen-bond donors (Lipinski definition) is 2. The van der Waals surface area contributed by atoms with E-state index in [4.69, 9.17) is 0 Å². The lowest BCUT2D eigenvalue weighted by Crippen LogP contribution is -2.34. The highest BCUT2D eigenvalue weighted by molar-refractivity contribution is 7.90. The zero-order valence-corrected chi connectivity index (χ0v) is 15.1. The van der Waals surface area contributed by atoms with E-state index in [2.05, 4.69) is 26.1 Å². The number of anilines is 1. The molecule has 2 N–H and O–H groups in total. The average Bonchev–Trinajstić information content (AvgIpc) is 2.46. The Labute approximate surface area is 143 Å². The van der Waals surface area contributed by atoms with Gasteiger partial charge in [0.15, 0.2) is 0 Å². The standard InChI is InChI=1S/C18H22N2O3S/c1-13-5-11-16(12-6-13)24(22,23)20-17(21)19-15-9-7-14(8-10-15)18(2,3)4/h5-12H,1-4H3,(H2,19,20,21). The number of nitrogens with one attached hydrogen (secondary N) is 2. The normalized spacial score (nSPS) is 11.8. The zero-order valence-electron chi connectivity index (χ0n) is 14.3. The van der Waals surface area contributed by atoms with Crippen LogP contribution in [0.5, 0.6) is 0 Å². The minimum Gasteiger partial charge on any atom is -0.307 e. The molecule has 0 unspecified atom stereocenters. The third-order valence-electron chi connectivity index (χ3n) is 3.57. The Hall–Kier alpha value is -2.34. The summed E-state index contributed by atoms with van der Waals surface area (Å²) in [7, 11) is -3.89. The molecule has 2 aromatic rings. The smallest absolute Gasteiger partial charge is 0.307 e. The molecule has 0 heterocycles. The number of urea groups is 1. The molecule has 2 rings (SSSR count). The quantitative estimate of drug-likeness (QED) is 0.887. The predicted octanol–water partition coefficient (Wildman–Crippen LogP) is 3.80. The summed E-state index contributed by atoms with van der Waals surface area (Å²) in [6, 6.07) is 12.8. The van der Waals surface area contributed by atoms with E-state index in [0.29, 0.717) is 5.69 Å². The third-order valence-corrected chi connectivity index (χ3v) is 4.91. The molecule has 0 aliphatic carbocycles. The van der Waals surface area contributed by atoms with Gasteiger partial charge in [0.05, 0.1) is 4.90 Å². The van der Waals surface area contributed by atoms with Gasteiger partial charge in [-0.15, -0.1) is 0 Å². The molecule has 0 atom stereocenters. The van der Waals surface area contributed by atoms with Crippen molar-refractivity contribution in [3.05, 3.63) is 59.7 Å². The summed E-state index contributed by atoms with van der Waals surface area (Å²) in [6.45, 7) is 8.14. The fraction of sp³-hybridized carbons (Fsp3) is 0.278. The summed E-state index contributed by atoms with van der Waals surface area (Å²) in [6.07, 6.45) is 0. The van der Waals surface area contributed by atoms with Crippen LogP contribution in [0.15, 0.2) is 53.4 Å². The zero-order chi connectivity index (χ0) is 18.0. The molecule has 0 fully saturated rings. The van der Waals surface area contributed by atoms with Gasteiger partial charge in [-0.2, -0.15) is 0 Å². The van der Waals surface area contributed by atoms with Gasteiger partial charge in [-0.25, -0.2) is 17.9 Å². The number of rotatable bonds is 3. The van der Waals surface area contributed by atoms with Gasteiger partial charge < -0.3 is 5.32 Å². The van der Waals surface area contributed by atoms with Gasteiger partial charge in [0.2, 0.25) is 0 Å². The van der Waals surface area contributed by atoms with Gasteiger partial charge in [-0.3, -0.25) is 0 Å². The Balaban J connectivity index is 2.06. The maximum absolute atomic E-state index is 12.2. The van der Waals surface area contributed by atoms with Crippen molar-refractivity contribution in [3.8, 4) is 0 Å². The Morgan fingerprint density at radius 3 is 1.96 bits per heavy atom. The highest BCUT2D eigenvalue weighted by Crippen LogP contribution is 2.23. The SMILES string of the molecule is Cc1ccc(S(=O)(=O)NC(=O)Nc2ccc(C(C)(C)C)cc2)cc1. The molecular weight excluding hydrogens is 324 g/mol. The van der Waals surface area contributed by atoms with E-state index >= 15 is 0 Å². The summed E-state index contributed by atoms with van der Waals surface area (Å²) >= 11 is 0. The third kappa shape index (κ3) is 4.58. The van der Waals surface area contributed by atoms with Crippen LogP contribution in [0.2, 0.25) is 0 Å². The van der Waals surface area contributed by atoms with Gasteiger partial charge >= 0.3 is 6.03 Å². The average molecular weight is 346 g/mol. The summed E-state index contributed by atoms with van der Waals surface area (Å²) in [5, 5.41) is 2.53. The van der Waals surface area contributed by atoms with Crippen LogP contribution in [-0.4, -0.2) is 14.4 Å². The van der Waals surface area contributed by atoms with Crippen molar-refractivity contribution in [1.82, 2.24) is 4.72 Å². The molecular formula is C18H22N2O3S. The van der Waals surface area contributed by atoms with Crippen molar-refractivity contribution in [1.29, 1.82) is 0 Å². The summed E-state index contributed by atoms with van der Waals surface area (Å²) < 4.78 is 26.3. The van der Waals surface area contributed by atoms with Crippen molar-refractivity contribution >= 4 is 21.7 Å². The number of carbonyl (C=O) groups excluding carboxylic acids is 1. The van der Waals surface area contributed by atoms with Gasteiger partial charge in [0.25, 0.3) is 10.0 Å². The van der Waals surface area contributed by atoms with Crippen molar-refractivity contribution in [2.75, 3.05) is 5.32 Å². The van der Waals surface area contributed by atoms with E-state index in [1.54, 1.807) is 24.3 Å². The first-order chi connectivity index (χ1) is 11.1. The Morgan fingerprint density at radius 2 is 1.46 bits per heavy atom. The highest BCUT2D eigenvalue weighted by atomic mass is 32.2. The molecule has 6 heteroatoms. The number of sulfonamides is 1. The fourth-order valence-corrected chi connectivity index (χ4v) is 3.02. The molecule has 0 radical (unpaired) electrons. The fourth-order valence-electron chi connectivity index (χ4n) is 2.11. The molecule has 2 amide bonds. The molecule has 0 saturated heterocycles. The lowest BCUT2D eigenvalue weighted by atomic mass is 9.87. The number of benzene rings is 2. The molecule has 24 heavy (non-hydrogen) atoms. The summed E-state index contributed by atoms with van der Waals surface area (Å²) in [4.78, 5) is 12.0. The minimum absolute atomic E-state index is 0.00949. The highest BCUT2D eigenvalue weighted by Gasteiger charge is 2.18. The first-order valence-corrected chi connectivity index (χ1v) is 9.07. The Morgan fingerprint density at radius 1 is 0.917 bits per heavy atom. The van der Waals surface area contributed by atoms with Gasteiger partial charge in [-0.1, -0.05) is 50.6 Å². The molecule has 0 aromatic heterocycles. The number of aryl methyl sites for hydroxylation is 1. The molecule has 0 aliphatic rings. The van der Waals surface area contributed by atoms with Crippen molar-refractivity contribution in [3.63, 3.8) is 0 Å². The van der Waals surface area contributed by atoms with Crippen molar-refractivity contribution in [2.24, 2.45) is 0 Å². The van der Waals surface area contributed by atoms with E-state index in [-0.39, 0.29) is 10.3 Å². The molecule has 0 spiro atoms. The topological polar surface area (TPSA) is 75.3 Å². The summed E-state index contributed by atoms with van der Waals surface area (Å²) in [5.74, 6) is 0.